The first-order chi connectivity index (χ1) is 8.83. The molecule has 2 heterocycles. The van der Waals surface area contributed by atoms with Gasteiger partial charge in [0.15, 0.2) is 11.5 Å². The monoisotopic (exact) mass is 245 g/mol. The van der Waals surface area contributed by atoms with E-state index in [1.807, 2.05) is 24.3 Å². The van der Waals surface area contributed by atoms with Crippen molar-refractivity contribution in [2.75, 3.05) is 13.2 Å². The maximum atomic E-state index is 6.18. The second kappa shape index (κ2) is 4.74. The number of ether oxygens (including phenoxy) is 2. The second-order valence-electron chi connectivity index (χ2n) is 4.35. The molecular weight excluding hydrogens is 230 g/mol. The summed E-state index contributed by atoms with van der Waals surface area (Å²) in [6.07, 6.45) is 4.12. The largest absolute Gasteiger partial charge is 0.486 e. The fourth-order valence-corrected chi connectivity index (χ4v) is 2.07. The van der Waals surface area contributed by atoms with Crippen LogP contribution in [-0.4, -0.2) is 13.2 Å². The summed E-state index contributed by atoms with van der Waals surface area (Å²) in [7, 11) is 0. The smallest absolute Gasteiger partial charge is 0.161 e. The molecule has 1 aromatic carbocycles. The molecule has 4 nitrogen and oxygen atoms in total. The Morgan fingerprint density at radius 3 is 2.72 bits per heavy atom. The van der Waals surface area contributed by atoms with E-state index in [1.54, 1.807) is 12.5 Å². The fourth-order valence-electron chi connectivity index (χ4n) is 2.07. The van der Waals surface area contributed by atoms with Crippen LogP contribution in [0.5, 0.6) is 11.5 Å². The van der Waals surface area contributed by atoms with Crippen LogP contribution in [0.4, 0.5) is 0 Å². The van der Waals surface area contributed by atoms with Gasteiger partial charge in [0, 0.05) is 6.04 Å². The Bertz CT molecular complexity index is 522. The Morgan fingerprint density at radius 1 is 1.11 bits per heavy atom. The van der Waals surface area contributed by atoms with Gasteiger partial charge in [0.05, 0.1) is 12.5 Å². The lowest BCUT2D eigenvalue weighted by molar-refractivity contribution is 0.171. The number of furan rings is 1. The molecule has 3 rings (SSSR count). The lowest BCUT2D eigenvalue weighted by atomic mass is 10.0. The van der Waals surface area contributed by atoms with E-state index in [2.05, 4.69) is 0 Å². The van der Waals surface area contributed by atoms with Crippen molar-refractivity contribution in [3.05, 3.63) is 47.9 Å². The molecule has 0 bridgehead atoms. The highest BCUT2D eigenvalue weighted by molar-refractivity contribution is 5.44. The molecule has 1 unspecified atom stereocenters. The van der Waals surface area contributed by atoms with Gasteiger partial charge < -0.3 is 19.6 Å². The van der Waals surface area contributed by atoms with E-state index in [4.69, 9.17) is 19.6 Å². The van der Waals surface area contributed by atoms with E-state index in [9.17, 15) is 0 Å². The zero-order valence-corrected chi connectivity index (χ0v) is 9.96. The maximum absolute atomic E-state index is 6.18. The molecule has 0 spiro atoms. The van der Waals surface area contributed by atoms with E-state index in [-0.39, 0.29) is 6.04 Å². The highest BCUT2D eigenvalue weighted by atomic mass is 16.6. The van der Waals surface area contributed by atoms with Crippen LogP contribution >= 0.6 is 0 Å². The van der Waals surface area contributed by atoms with Gasteiger partial charge in [-0.15, -0.1) is 0 Å². The first-order valence-electron chi connectivity index (χ1n) is 5.99. The Morgan fingerprint density at radius 2 is 1.94 bits per heavy atom. The molecule has 0 amide bonds. The Kier molecular flexibility index (Phi) is 2.94. The molecule has 18 heavy (non-hydrogen) atoms. The molecule has 1 aliphatic rings. The molecule has 0 saturated carbocycles. The highest BCUT2D eigenvalue weighted by Gasteiger charge is 2.15. The van der Waals surface area contributed by atoms with Crippen LogP contribution in [0, 0.1) is 0 Å². The lowest BCUT2D eigenvalue weighted by Crippen LogP contribution is -2.17. The molecule has 0 radical (unpaired) electrons. The van der Waals surface area contributed by atoms with Crippen molar-refractivity contribution in [3.63, 3.8) is 0 Å². The average molecular weight is 245 g/mol. The van der Waals surface area contributed by atoms with Crippen LogP contribution < -0.4 is 15.2 Å². The van der Waals surface area contributed by atoms with Crippen molar-refractivity contribution in [2.45, 2.75) is 12.5 Å². The van der Waals surface area contributed by atoms with Crippen molar-refractivity contribution in [1.82, 2.24) is 0 Å². The van der Waals surface area contributed by atoms with Crippen molar-refractivity contribution in [2.24, 2.45) is 5.73 Å². The van der Waals surface area contributed by atoms with Gasteiger partial charge in [-0.05, 0) is 35.7 Å². The average Bonchev–Trinajstić information content (AvgIpc) is 2.91. The van der Waals surface area contributed by atoms with Crippen molar-refractivity contribution < 1.29 is 13.9 Å². The van der Waals surface area contributed by atoms with Gasteiger partial charge >= 0.3 is 0 Å². The number of fused-ring (bicyclic) bond motifs is 1. The third-order valence-electron chi connectivity index (χ3n) is 3.03. The number of hydrogen-bond acceptors (Lipinski definition) is 4. The van der Waals surface area contributed by atoms with E-state index < -0.39 is 0 Å². The standard InChI is InChI=1S/C14H15NO3/c15-12(7-10-3-4-16-9-10)11-1-2-13-14(8-11)18-6-5-17-13/h1-4,8-9,12H,5-7,15H2. The number of hydrogen-bond donors (Lipinski definition) is 1. The molecule has 1 aromatic heterocycles. The molecule has 94 valence electrons. The summed E-state index contributed by atoms with van der Waals surface area (Å²) >= 11 is 0. The number of rotatable bonds is 3. The molecule has 2 aromatic rings. The maximum Gasteiger partial charge on any atom is 0.161 e. The van der Waals surface area contributed by atoms with Crippen molar-refractivity contribution >= 4 is 0 Å². The van der Waals surface area contributed by atoms with E-state index in [1.165, 1.54) is 0 Å². The summed E-state index contributed by atoms with van der Waals surface area (Å²) in [4.78, 5) is 0. The first kappa shape index (κ1) is 11.2. The third kappa shape index (κ3) is 2.19. The van der Waals surface area contributed by atoms with Crippen molar-refractivity contribution in [1.29, 1.82) is 0 Å². The summed E-state index contributed by atoms with van der Waals surface area (Å²) in [5.74, 6) is 1.57. The SMILES string of the molecule is NC(Cc1ccoc1)c1ccc2c(c1)OCCO2. The van der Waals surface area contributed by atoms with Crippen LogP contribution in [0.15, 0.2) is 41.2 Å². The topological polar surface area (TPSA) is 57.6 Å². The van der Waals surface area contributed by atoms with Gasteiger partial charge in [-0.1, -0.05) is 6.07 Å². The Balaban J connectivity index is 1.79. The quantitative estimate of drug-likeness (QED) is 0.901. The summed E-state index contributed by atoms with van der Waals surface area (Å²) in [6, 6.07) is 7.72. The molecular formula is C14H15NO3. The minimum absolute atomic E-state index is 0.0709. The van der Waals surface area contributed by atoms with Gasteiger partial charge in [-0.3, -0.25) is 0 Å². The lowest BCUT2D eigenvalue weighted by Gasteiger charge is -2.20. The predicted octanol–water partition coefficient (Wildman–Crippen LogP) is 2.29. The van der Waals surface area contributed by atoms with E-state index in [0.29, 0.717) is 13.2 Å². The molecule has 0 aliphatic carbocycles. The van der Waals surface area contributed by atoms with Crippen LogP contribution in [0.3, 0.4) is 0 Å². The van der Waals surface area contributed by atoms with Crippen molar-refractivity contribution in [3.8, 4) is 11.5 Å². The Hall–Kier alpha value is -1.94. The molecule has 0 saturated heterocycles. The van der Waals surface area contributed by atoms with Crippen LogP contribution in [0.2, 0.25) is 0 Å². The summed E-state index contributed by atoms with van der Waals surface area (Å²) in [6.45, 7) is 1.20. The molecule has 0 fully saturated rings. The Labute approximate surface area is 105 Å². The molecule has 4 heteroatoms. The van der Waals surface area contributed by atoms with Crippen LogP contribution in [-0.2, 0) is 6.42 Å². The second-order valence-corrected chi connectivity index (χ2v) is 4.35. The predicted molar refractivity (Wildman–Crippen MR) is 66.8 cm³/mol. The molecule has 2 N–H and O–H groups in total. The van der Waals surface area contributed by atoms with E-state index in [0.717, 1.165) is 29.0 Å². The molecule has 1 aliphatic heterocycles. The first-order valence-corrected chi connectivity index (χ1v) is 5.99. The number of benzene rings is 1. The van der Waals surface area contributed by atoms with Gasteiger partial charge in [0.25, 0.3) is 0 Å². The number of nitrogens with two attached hydrogens (primary N) is 1. The van der Waals surface area contributed by atoms with Crippen LogP contribution in [0.1, 0.15) is 17.2 Å². The normalized spacial score (nSPS) is 15.4. The van der Waals surface area contributed by atoms with Gasteiger partial charge in [0.1, 0.15) is 13.2 Å². The summed E-state index contributed by atoms with van der Waals surface area (Å²) in [5.41, 5.74) is 8.32. The molecule has 1 atom stereocenters. The van der Waals surface area contributed by atoms with E-state index >= 15 is 0 Å². The van der Waals surface area contributed by atoms with Gasteiger partial charge in [0.2, 0.25) is 0 Å². The minimum atomic E-state index is -0.0709. The summed E-state index contributed by atoms with van der Waals surface area (Å²) in [5, 5.41) is 0. The van der Waals surface area contributed by atoms with Crippen LogP contribution in [0.25, 0.3) is 0 Å². The van der Waals surface area contributed by atoms with Gasteiger partial charge in [-0.2, -0.15) is 0 Å². The fraction of sp³-hybridized carbons (Fsp3) is 0.286. The van der Waals surface area contributed by atoms with Gasteiger partial charge in [-0.25, -0.2) is 0 Å². The summed E-state index contributed by atoms with van der Waals surface area (Å²) < 4.78 is 16.1. The minimum Gasteiger partial charge on any atom is -0.486 e. The highest BCUT2D eigenvalue weighted by Crippen LogP contribution is 2.32. The third-order valence-corrected chi connectivity index (χ3v) is 3.03. The zero-order chi connectivity index (χ0) is 12.4. The zero-order valence-electron chi connectivity index (χ0n) is 9.96.